The van der Waals surface area contributed by atoms with Gasteiger partial charge in [-0.3, -0.25) is 0 Å². The third-order valence-electron chi connectivity index (χ3n) is 3.78. The Balaban J connectivity index is 2.02. The molecule has 0 radical (unpaired) electrons. The van der Waals surface area contributed by atoms with Gasteiger partial charge in [-0.1, -0.05) is 59.3 Å². The molecule has 1 aliphatic carbocycles. The lowest BCUT2D eigenvalue weighted by molar-refractivity contribution is 0.419. The van der Waals surface area contributed by atoms with E-state index in [9.17, 15) is 0 Å². The number of unbranched alkanes of at least 4 members (excludes halogenated alkanes) is 3. The molecule has 0 aromatic heterocycles. The molecule has 0 aliphatic heterocycles. The molecule has 0 aromatic carbocycles. The average Bonchev–Trinajstić information content (AvgIpc) is 2.73. The first-order valence-corrected chi connectivity index (χ1v) is 6.23. The van der Waals surface area contributed by atoms with Gasteiger partial charge in [0.15, 0.2) is 0 Å². The van der Waals surface area contributed by atoms with E-state index in [-0.39, 0.29) is 0 Å². The Labute approximate surface area is 84.1 Å². The number of rotatable bonds is 7. The molecule has 13 heavy (non-hydrogen) atoms. The lowest BCUT2D eigenvalue weighted by atomic mass is 9.96. The van der Waals surface area contributed by atoms with E-state index in [1.54, 1.807) is 0 Å². The smallest absolute Gasteiger partial charge is 0.0294 e. The van der Waals surface area contributed by atoms with Crippen molar-refractivity contribution in [2.45, 2.75) is 72.1 Å². The zero-order valence-electron chi connectivity index (χ0n) is 9.73. The third-order valence-corrected chi connectivity index (χ3v) is 3.78. The highest BCUT2D eigenvalue weighted by molar-refractivity contribution is 4.97. The van der Waals surface area contributed by atoms with Gasteiger partial charge in [0.1, 0.15) is 0 Å². The van der Waals surface area contributed by atoms with Crippen LogP contribution in [0.4, 0.5) is 0 Å². The molecule has 0 saturated heterocycles. The van der Waals surface area contributed by atoms with E-state index in [0.717, 1.165) is 11.3 Å². The van der Waals surface area contributed by atoms with Crippen molar-refractivity contribution < 1.29 is 0 Å². The molecular formula is C13H26. The van der Waals surface area contributed by atoms with Gasteiger partial charge in [-0.05, 0) is 24.2 Å². The summed E-state index contributed by atoms with van der Waals surface area (Å²) in [5.74, 6) is 1.08. The van der Waals surface area contributed by atoms with Crippen molar-refractivity contribution in [1.29, 1.82) is 0 Å². The Bertz CT molecular complexity index is 139. The maximum Gasteiger partial charge on any atom is -0.0294 e. The maximum absolute atomic E-state index is 2.50. The summed E-state index contributed by atoms with van der Waals surface area (Å²) in [6, 6.07) is 0. The van der Waals surface area contributed by atoms with Crippen LogP contribution in [0.2, 0.25) is 0 Å². The van der Waals surface area contributed by atoms with E-state index in [1.165, 1.54) is 51.4 Å². The summed E-state index contributed by atoms with van der Waals surface area (Å²) in [6.45, 7) is 7.10. The van der Waals surface area contributed by atoms with Crippen LogP contribution in [-0.4, -0.2) is 0 Å². The van der Waals surface area contributed by atoms with Crippen LogP contribution < -0.4 is 0 Å². The van der Waals surface area contributed by atoms with Gasteiger partial charge in [-0.25, -0.2) is 0 Å². The molecule has 78 valence electrons. The van der Waals surface area contributed by atoms with E-state index in [1.807, 2.05) is 0 Å². The molecule has 0 aromatic rings. The first-order chi connectivity index (χ1) is 6.23. The fourth-order valence-electron chi connectivity index (χ4n) is 2.56. The fourth-order valence-corrected chi connectivity index (χ4v) is 2.56. The molecule has 0 N–H and O–H groups in total. The van der Waals surface area contributed by atoms with Gasteiger partial charge in [0.25, 0.3) is 0 Å². The molecule has 0 amide bonds. The van der Waals surface area contributed by atoms with E-state index in [0.29, 0.717) is 0 Å². The van der Waals surface area contributed by atoms with Crippen molar-refractivity contribution in [2.24, 2.45) is 11.3 Å². The Hall–Kier alpha value is 0. The quantitative estimate of drug-likeness (QED) is 0.497. The molecule has 0 heterocycles. The zero-order chi connectivity index (χ0) is 9.73. The van der Waals surface area contributed by atoms with Crippen LogP contribution in [0.1, 0.15) is 72.1 Å². The van der Waals surface area contributed by atoms with E-state index >= 15 is 0 Å². The minimum atomic E-state index is 0.768. The van der Waals surface area contributed by atoms with E-state index in [4.69, 9.17) is 0 Å². The SMILES string of the molecule is CCCCCC[C@]1(C)C[C@@H]1CCC. The summed E-state index contributed by atoms with van der Waals surface area (Å²) in [5, 5.41) is 0. The minimum Gasteiger partial charge on any atom is -0.0654 e. The summed E-state index contributed by atoms with van der Waals surface area (Å²) < 4.78 is 0. The molecule has 1 aliphatic rings. The summed E-state index contributed by atoms with van der Waals surface area (Å²) in [5.41, 5.74) is 0.768. The highest BCUT2D eigenvalue weighted by Gasteiger charge is 2.47. The predicted octanol–water partition coefficient (Wildman–Crippen LogP) is 4.78. The molecule has 0 heteroatoms. The van der Waals surface area contributed by atoms with Crippen molar-refractivity contribution in [2.75, 3.05) is 0 Å². The molecular weight excluding hydrogens is 156 g/mol. The van der Waals surface area contributed by atoms with Crippen LogP contribution in [-0.2, 0) is 0 Å². The van der Waals surface area contributed by atoms with Gasteiger partial charge in [-0.2, -0.15) is 0 Å². The second kappa shape index (κ2) is 5.02. The van der Waals surface area contributed by atoms with Crippen molar-refractivity contribution in [3.8, 4) is 0 Å². The third kappa shape index (κ3) is 3.32. The second-order valence-corrected chi connectivity index (χ2v) is 5.15. The van der Waals surface area contributed by atoms with Crippen molar-refractivity contribution in [3.05, 3.63) is 0 Å². The molecule has 2 atom stereocenters. The first kappa shape index (κ1) is 11.1. The maximum atomic E-state index is 2.50. The molecule has 0 spiro atoms. The normalized spacial score (nSPS) is 32.1. The summed E-state index contributed by atoms with van der Waals surface area (Å²) in [7, 11) is 0. The van der Waals surface area contributed by atoms with Crippen LogP contribution in [0.5, 0.6) is 0 Å². The lowest BCUT2D eigenvalue weighted by Gasteiger charge is -2.10. The minimum absolute atomic E-state index is 0.768. The fraction of sp³-hybridized carbons (Fsp3) is 1.00. The van der Waals surface area contributed by atoms with Crippen molar-refractivity contribution in [3.63, 3.8) is 0 Å². The van der Waals surface area contributed by atoms with Crippen LogP contribution in [0.25, 0.3) is 0 Å². The number of hydrogen-bond donors (Lipinski definition) is 0. The van der Waals surface area contributed by atoms with Gasteiger partial charge < -0.3 is 0 Å². The Morgan fingerprint density at radius 3 is 2.46 bits per heavy atom. The summed E-state index contributed by atoms with van der Waals surface area (Å²) in [6.07, 6.45) is 11.6. The van der Waals surface area contributed by atoms with Crippen LogP contribution >= 0.6 is 0 Å². The van der Waals surface area contributed by atoms with Crippen LogP contribution in [0.15, 0.2) is 0 Å². The Morgan fingerprint density at radius 1 is 1.08 bits per heavy atom. The highest BCUT2D eigenvalue weighted by atomic mass is 14.5. The molecule has 0 nitrogen and oxygen atoms in total. The lowest BCUT2D eigenvalue weighted by Crippen LogP contribution is -1.98. The highest BCUT2D eigenvalue weighted by Crippen LogP contribution is 2.57. The number of hydrogen-bond acceptors (Lipinski definition) is 0. The standard InChI is InChI=1S/C13H26/c1-4-6-7-8-10-13(3)11-12(13)9-5-2/h12H,4-11H2,1-3H3/t12-,13+/m0/s1. The van der Waals surface area contributed by atoms with Crippen LogP contribution in [0, 0.1) is 11.3 Å². The molecule has 1 rings (SSSR count). The van der Waals surface area contributed by atoms with E-state index < -0.39 is 0 Å². The summed E-state index contributed by atoms with van der Waals surface area (Å²) in [4.78, 5) is 0. The predicted molar refractivity (Wildman–Crippen MR) is 59.9 cm³/mol. The van der Waals surface area contributed by atoms with Crippen LogP contribution in [0.3, 0.4) is 0 Å². The van der Waals surface area contributed by atoms with Gasteiger partial charge >= 0.3 is 0 Å². The average molecular weight is 182 g/mol. The topological polar surface area (TPSA) is 0 Å². The van der Waals surface area contributed by atoms with Gasteiger partial charge in [-0.15, -0.1) is 0 Å². The molecule has 0 unspecified atom stereocenters. The Morgan fingerprint density at radius 2 is 1.85 bits per heavy atom. The Kier molecular flexibility index (Phi) is 4.28. The summed E-state index contributed by atoms with van der Waals surface area (Å²) >= 11 is 0. The van der Waals surface area contributed by atoms with Crippen molar-refractivity contribution in [1.82, 2.24) is 0 Å². The molecule has 0 bridgehead atoms. The van der Waals surface area contributed by atoms with Gasteiger partial charge in [0.2, 0.25) is 0 Å². The van der Waals surface area contributed by atoms with Crippen molar-refractivity contribution >= 4 is 0 Å². The van der Waals surface area contributed by atoms with Gasteiger partial charge in [0.05, 0.1) is 0 Å². The zero-order valence-corrected chi connectivity index (χ0v) is 9.73. The second-order valence-electron chi connectivity index (χ2n) is 5.15. The van der Waals surface area contributed by atoms with Gasteiger partial charge in [0, 0.05) is 0 Å². The molecule has 1 fully saturated rings. The molecule has 1 saturated carbocycles. The largest absolute Gasteiger partial charge is 0.0654 e. The monoisotopic (exact) mass is 182 g/mol. The van der Waals surface area contributed by atoms with E-state index in [2.05, 4.69) is 20.8 Å². The first-order valence-electron chi connectivity index (χ1n) is 6.23.